The SMILES string of the molecule is O=C(NCC[C@H]1C(=O)OCN1C(=O)OCC1c2ccccc2-c2ccccc21)Oc1c(F)c(F)c(F)c(F)c1F. The first-order chi connectivity index (χ1) is 19.2. The highest BCUT2D eigenvalue weighted by Crippen LogP contribution is 2.44. The van der Waals surface area contributed by atoms with Gasteiger partial charge >= 0.3 is 18.2 Å². The van der Waals surface area contributed by atoms with Gasteiger partial charge in [0.25, 0.3) is 0 Å². The molecule has 0 aromatic heterocycles. The molecule has 0 bridgehead atoms. The Bertz CT molecular complexity index is 1440. The van der Waals surface area contributed by atoms with Crippen molar-refractivity contribution in [3.63, 3.8) is 0 Å². The standard InChI is InChI=1S/C27H19F5N2O6/c28-19-20(29)22(31)24(23(32)21(19)30)40-26(36)33-10-9-18-25(35)39-12-34(18)27(37)38-11-17-15-7-3-1-5-13(15)14-6-2-4-8-16(14)17/h1-8,17-18H,9-12H2,(H,33,36)/t18-/m0/s1. The van der Waals surface area contributed by atoms with E-state index in [4.69, 9.17) is 9.47 Å². The number of fused-ring (bicyclic) bond motifs is 3. The Labute approximate surface area is 223 Å². The number of carbonyl (C=O) groups excluding carboxylic acids is 3. The number of esters is 1. The molecule has 1 aliphatic heterocycles. The molecule has 2 amide bonds. The maximum Gasteiger partial charge on any atom is 0.413 e. The van der Waals surface area contributed by atoms with Gasteiger partial charge < -0.3 is 19.5 Å². The van der Waals surface area contributed by atoms with Gasteiger partial charge in [-0.15, -0.1) is 0 Å². The summed E-state index contributed by atoms with van der Waals surface area (Å²) < 4.78 is 81.9. The van der Waals surface area contributed by atoms with Crippen molar-refractivity contribution in [2.45, 2.75) is 18.4 Å². The summed E-state index contributed by atoms with van der Waals surface area (Å²) in [5.41, 5.74) is 4.03. The van der Waals surface area contributed by atoms with Gasteiger partial charge in [0, 0.05) is 12.5 Å². The summed E-state index contributed by atoms with van der Waals surface area (Å²) in [7, 11) is 0. The first-order valence-electron chi connectivity index (χ1n) is 11.9. The van der Waals surface area contributed by atoms with Crippen LogP contribution < -0.4 is 10.1 Å². The molecule has 13 heteroatoms. The lowest BCUT2D eigenvalue weighted by atomic mass is 9.98. The molecule has 2 aliphatic rings. The van der Waals surface area contributed by atoms with Gasteiger partial charge in [0.2, 0.25) is 34.8 Å². The van der Waals surface area contributed by atoms with Crippen molar-refractivity contribution in [2.75, 3.05) is 19.9 Å². The van der Waals surface area contributed by atoms with Crippen LogP contribution in [0.2, 0.25) is 0 Å². The zero-order valence-electron chi connectivity index (χ0n) is 20.4. The number of amides is 2. The maximum atomic E-state index is 13.7. The Hall–Kier alpha value is -4.68. The van der Waals surface area contributed by atoms with Gasteiger partial charge in [-0.25, -0.2) is 27.6 Å². The van der Waals surface area contributed by atoms with Crippen LogP contribution in [0.5, 0.6) is 5.75 Å². The molecule has 40 heavy (non-hydrogen) atoms. The van der Waals surface area contributed by atoms with E-state index >= 15 is 0 Å². The number of ether oxygens (including phenoxy) is 3. The van der Waals surface area contributed by atoms with Crippen molar-refractivity contribution in [1.82, 2.24) is 10.2 Å². The highest BCUT2D eigenvalue weighted by Gasteiger charge is 2.39. The number of hydrogen-bond donors (Lipinski definition) is 1. The maximum absolute atomic E-state index is 13.7. The van der Waals surface area contributed by atoms with E-state index < -0.39 is 65.8 Å². The van der Waals surface area contributed by atoms with Gasteiger partial charge in [-0.2, -0.15) is 8.78 Å². The summed E-state index contributed by atoms with van der Waals surface area (Å²) in [5.74, 6) is -14.4. The van der Waals surface area contributed by atoms with Crippen LogP contribution in [0.25, 0.3) is 11.1 Å². The molecule has 208 valence electrons. The molecule has 0 saturated carbocycles. The van der Waals surface area contributed by atoms with Crippen LogP contribution in [0, 0.1) is 29.1 Å². The Kier molecular flexibility index (Phi) is 7.28. The Morgan fingerprint density at radius 3 is 2.02 bits per heavy atom. The van der Waals surface area contributed by atoms with Crippen LogP contribution in [0.15, 0.2) is 48.5 Å². The van der Waals surface area contributed by atoms with E-state index in [2.05, 4.69) is 4.74 Å². The molecule has 0 spiro atoms. The number of cyclic esters (lactones) is 1. The highest BCUT2D eigenvalue weighted by atomic mass is 19.2. The van der Waals surface area contributed by atoms with Crippen LogP contribution in [0.1, 0.15) is 23.5 Å². The molecule has 1 fully saturated rings. The molecule has 1 heterocycles. The van der Waals surface area contributed by atoms with Gasteiger partial charge in [-0.05, 0) is 28.7 Å². The second-order valence-electron chi connectivity index (χ2n) is 8.89. The minimum Gasteiger partial charge on any atom is -0.448 e. The Morgan fingerprint density at radius 2 is 1.43 bits per heavy atom. The fourth-order valence-corrected chi connectivity index (χ4v) is 4.69. The molecule has 3 aromatic carbocycles. The third-order valence-electron chi connectivity index (χ3n) is 6.62. The second-order valence-corrected chi connectivity index (χ2v) is 8.89. The molecule has 1 atom stereocenters. The summed E-state index contributed by atoms with van der Waals surface area (Å²) in [5, 5.41) is 2.03. The Morgan fingerprint density at radius 1 is 0.875 bits per heavy atom. The predicted molar refractivity (Wildman–Crippen MR) is 127 cm³/mol. The minimum atomic E-state index is -2.41. The molecular formula is C27H19F5N2O6. The van der Waals surface area contributed by atoms with E-state index in [-0.39, 0.29) is 25.5 Å². The van der Waals surface area contributed by atoms with Crippen molar-refractivity contribution < 1.29 is 50.5 Å². The number of nitrogens with zero attached hydrogens (tertiary/aromatic N) is 1. The average Bonchev–Trinajstić information content (AvgIpc) is 3.49. The minimum absolute atomic E-state index is 0.0171. The van der Waals surface area contributed by atoms with Gasteiger partial charge in [0.1, 0.15) is 12.6 Å². The number of rotatable bonds is 6. The highest BCUT2D eigenvalue weighted by molar-refractivity contribution is 5.84. The lowest BCUT2D eigenvalue weighted by Gasteiger charge is -2.21. The Balaban J connectivity index is 1.18. The van der Waals surface area contributed by atoms with Crippen molar-refractivity contribution in [1.29, 1.82) is 0 Å². The van der Waals surface area contributed by atoms with Gasteiger partial charge in [0.15, 0.2) is 6.73 Å². The number of benzene rings is 3. The summed E-state index contributed by atoms with van der Waals surface area (Å²) in [4.78, 5) is 38.0. The molecule has 3 aromatic rings. The normalized spacial score (nSPS) is 15.9. The molecule has 1 aliphatic carbocycles. The number of carbonyl (C=O) groups is 3. The van der Waals surface area contributed by atoms with Crippen LogP contribution in [-0.4, -0.2) is 49.0 Å². The molecule has 5 rings (SSSR count). The van der Waals surface area contributed by atoms with Crippen molar-refractivity contribution in [3.8, 4) is 16.9 Å². The average molecular weight is 562 g/mol. The number of nitrogens with one attached hydrogen (secondary N) is 1. The fourth-order valence-electron chi connectivity index (χ4n) is 4.69. The molecule has 1 N–H and O–H groups in total. The topological polar surface area (TPSA) is 94.2 Å². The quantitative estimate of drug-likeness (QED) is 0.197. The second kappa shape index (κ2) is 10.8. The van der Waals surface area contributed by atoms with E-state index in [0.29, 0.717) is 0 Å². The lowest BCUT2D eigenvalue weighted by molar-refractivity contribution is -0.139. The van der Waals surface area contributed by atoms with Crippen LogP contribution >= 0.6 is 0 Å². The largest absolute Gasteiger partial charge is 0.448 e. The number of hydrogen-bond acceptors (Lipinski definition) is 6. The van der Waals surface area contributed by atoms with E-state index in [1.807, 2.05) is 53.8 Å². The zero-order chi connectivity index (χ0) is 28.6. The smallest absolute Gasteiger partial charge is 0.413 e. The molecule has 0 unspecified atom stereocenters. The molecule has 8 nitrogen and oxygen atoms in total. The summed E-state index contributed by atoms with van der Waals surface area (Å²) in [6.45, 7) is -0.812. The molecular weight excluding hydrogens is 543 g/mol. The van der Waals surface area contributed by atoms with Crippen LogP contribution in [-0.2, 0) is 14.3 Å². The van der Waals surface area contributed by atoms with E-state index in [1.54, 1.807) is 0 Å². The van der Waals surface area contributed by atoms with Crippen molar-refractivity contribution in [3.05, 3.63) is 88.7 Å². The van der Waals surface area contributed by atoms with E-state index in [0.717, 1.165) is 27.2 Å². The zero-order valence-corrected chi connectivity index (χ0v) is 20.4. The van der Waals surface area contributed by atoms with E-state index in [1.165, 1.54) is 0 Å². The first kappa shape index (κ1) is 26.9. The summed E-state index contributed by atoms with van der Waals surface area (Å²) in [6.07, 6.45) is -2.63. The predicted octanol–water partition coefficient (Wildman–Crippen LogP) is 4.99. The summed E-state index contributed by atoms with van der Waals surface area (Å²) >= 11 is 0. The molecule has 0 radical (unpaired) electrons. The first-order valence-corrected chi connectivity index (χ1v) is 11.9. The monoisotopic (exact) mass is 562 g/mol. The number of halogens is 5. The van der Waals surface area contributed by atoms with Crippen molar-refractivity contribution in [2.24, 2.45) is 0 Å². The third kappa shape index (κ3) is 4.78. The summed E-state index contributed by atoms with van der Waals surface area (Å²) in [6, 6.07) is 14.2. The fraction of sp³-hybridized carbons (Fsp3) is 0.222. The van der Waals surface area contributed by atoms with Gasteiger partial charge in [-0.1, -0.05) is 48.5 Å². The van der Waals surface area contributed by atoms with Crippen LogP contribution in [0.4, 0.5) is 31.5 Å². The van der Waals surface area contributed by atoms with Gasteiger partial charge in [0.05, 0.1) is 0 Å². The third-order valence-corrected chi connectivity index (χ3v) is 6.62. The van der Waals surface area contributed by atoms with E-state index in [9.17, 15) is 36.3 Å². The van der Waals surface area contributed by atoms with Crippen LogP contribution in [0.3, 0.4) is 0 Å². The lowest BCUT2D eigenvalue weighted by Crippen LogP contribution is -2.41. The van der Waals surface area contributed by atoms with Gasteiger partial charge in [-0.3, -0.25) is 4.90 Å². The van der Waals surface area contributed by atoms with Crippen molar-refractivity contribution >= 4 is 18.2 Å². The molecule has 1 saturated heterocycles.